The molecule has 0 bridgehead atoms. The van der Waals surface area contributed by atoms with Crippen LogP contribution in [0.2, 0.25) is 0 Å². The molecule has 19 heavy (non-hydrogen) atoms. The van der Waals surface area contributed by atoms with Crippen molar-refractivity contribution in [1.29, 1.82) is 0 Å². The molecule has 1 atom stereocenters. The van der Waals surface area contributed by atoms with Crippen molar-refractivity contribution in [3.63, 3.8) is 0 Å². The number of carbonyl (C=O) groups excluding carboxylic acids is 1. The Bertz CT molecular complexity index is 483. The van der Waals surface area contributed by atoms with Crippen molar-refractivity contribution in [2.45, 2.75) is 40.0 Å². The number of nitrogens with zero attached hydrogens (tertiary/aromatic N) is 1. The quantitative estimate of drug-likeness (QED) is 0.852. The summed E-state index contributed by atoms with van der Waals surface area (Å²) < 4.78 is 5.31. The number of fused-ring (bicyclic) bond motifs is 1. The first kappa shape index (κ1) is 13.8. The third-order valence-electron chi connectivity index (χ3n) is 3.89. The Morgan fingerprint density at radius 2 is 2.32 bits per heavy atom. The van der Waals surface area contributed by atoms with Crippen molar-refractivity contribution in [1.82, 2.24) is 10.5 Å². The van der Waals surface area contributed by atoms with Gasteiger partial charge in [-0.3, -0.25) is 4.79 Å². The molecule has 1 aliphatic rings. The van der Waals surface area contributed by atoms with Crippen LogP contribution in [-0.4, -0.2) is 17.6 Å². The summed E-state index contributed by atoms with van der Waals surface area (Å²) in [5.41, 5.74) is 1.68. The molecule has 0 aromatic carbocycles. The van der Waals surface area contributed by atoms with Crippen molar-refractivity contribution in [3.05, 3.63) is 29.7 Å². The van der Waals surface area contributed by atoms with Gasteiger partial charge >= 0.3 is 0 Å². The van der Waals surface area contributed by atoms with Gasteiger partial charge in [0.05, 0.1) is 0 Å². The van der Waals surface area contributed by atoms with Crippen LogP contribution in [0.3, 0.4) is 0 Å². The third-order valence-corrected chi connectivity index (χ3v) is 3.89. The second-order valence-corrected chi connectivity index (χ2v) is 6.24. The van der Waals surface area contributed by atoms with Crippen LogP contribution in [0.25, 0.3) is 0 Å². The molecule has 0 radical (unpaired) electrons. The fourth-order valence-electron chi connectivity index (χ4n) is 2.57. The van der Waals surface area contributed by atoms with Crippen molar-refractivity contribution < 1.29 is 9.32 Å². The van der Waals surface area contributed by atoms with E-state index < -0.39 is 0 Å². The normalized spacial score (nSPS) is 18.8. The van der Waals surface area contributed by atoms with E-state index in [-0.39, 0.29) is 11.3 Å². The number of carbonyl (C=O) groups is 1. The average Bonchev–Trinajstić information content (AvgIpc) is 2.77. The topological polar surface area (TPSA) is 55.1 Å². The fourth-order valence-corrected chi connectivity index (χ4v) is 2.57. The van der Waals surface area contributed by atoms with Gasteiger partial charge in [0.25, 0.3) is 5.91 Å². The first-order valence-corrected chi connectivity index (χ1v) is 6.80. The molecule has 1 heterocycles. The summed E-state index contributed by atoms with van der Waals surface area (Å²) in [6, 6.07) is 0. The molecule has 2 rings (SSSR count). The standard InChI is InChI=1S/C15H22N2O2/c1-5-8-16-14(18)13-11-9-10(15(2,3)4)6-7-12(11)19-17-13/h5,10H,1,6-9H2,2-4H3,(H,16,18)/t10-/m1/s1. The SMILES string of the molecule is C=CCNC(=O)c1noc2c1C[C@H](C(C)(C)C)CC2. The molecule has 0 fully saturated rings. The Morgan fingerprint density at radius 1 is 1.58 bits per heavy atom. The summed E-state index contributed by atoms with van der Waals surface area (Å²) in [7, 11) is 0. The number of aryl methyl sites for hydroxylation is 1. The van der Waals surface area contributed by atoms with Crippen LogP contribution in [0.4, 0.5) is 0 Å². The van der Waals surface area contributed by atoms with Gasteiger partial charge < -0.3 is 9.84 Å². The van der Waals surface area contributed by atoms with Gasteiger partial charge in [-0.05, 0) is 24.2 Å². The van der Waals surface area contributed by atoms with Crippen LogP contribution in [0.1, 0.15) is 49.0 Å². The maximum atomic E-state index is 12.0. The lowest BCUT2D eigenvalue weighted by Crippen LogP contribution is -2.29. The number of aromatic nitrogens is 1. The second-order valence-electron chi connectivity index (χ2n) is 6.24. The highest BCUT2D eigenvalue weighted by atomic mass is 16.5. The Hall–Kier alpha value is -1.58. The molecule has 104 valence electrons. The zero-order valence-electron chi connectivity index (χ0n) is 12.0. The predicted octanol–water partition coefficient (Wildman–Crippen LogP) is 2.74. The highest BCUT2D eigenvalue weighted by Gasteiger charge is 2.33. The van der Waals surface area contributed by atoms with E-state index >= 15 is 0 Å². The molecule has 1 aromatic heterocycles. The highest BCUT2D eigenvalue weighted by Crippen LogP contribution is 2.38. The van der Waals surface area contributed by atoms with Crippen LogP contribution >= 0.6 is 0 Å². The molecular formula is C15H22N2O2. The van der Waals surface area contributed by atoms with E-state index in [1.54, 1.807) is 6.08 Å². The maximum Gasteiger partial charge on any atom is 0.274 e. The van der Waals surface area contributed by atoms with E-state index in [0.717, 1.165) is 30.6 Å². The van der Waals surface area contributed by atoms with Gasteiger partial charge in [0.15, 0.2) is 5.69 Å². The van der Waals surface area contributed by atoms with E-state index in [9.17, 15) is 4.79 Å². The zero-order valence-corrected chi connectivity index (χ0v) is 12.0. The van der Waals surface area contributed by atoms with E-state index in [2.05, 4.69) is 37.8 Å². The predicted molar refractivity (Wildman–Crippen MR) is 74.0 cm³/mol. The Labute approximate surface area is 114 Å². The third kappa shape index (κ3) is 2.88. The van der Waals surface area contributed by atoms with Crippen LogP contribution in [0.5, 0.6) is 0 Å². The molecule has 4 nitrogen and oxygen atoms in total. The number of rotatable bonds is 3. The van der Waals surface area contributed by atoms with Crippen molar-refractivity contribution in [2.24, 2.45) is 11.3 Å². The molecule has 1 N–H and O–H groups in total. The number of hydrogen-bond donors (Lipinski definition) is 1. The molecule has 1 aromatic rings. The minimum Gasteiger partial charge on any atom is -0.360 e. The van der Waals surface area contributed by atoms with E-state index in [4.69, 9.17) is 4.52 Å². The van der Waals surface area contributed by atoms with Gasteiger partial charge in [0, 0.05) is 18.5 Å². The van der Waals surface area contributed by atoms with Gasteiger partial charge in [-0.1, -0.05) is 32.0 Å². The second kappa shape index (κ2) is 5.19. The first-order valence-electron chi connectivity index (χ1n) is 6.80. The summed E-state index contributed by atoms with van der Waals surface area (Å²) in [5, 5.41) is 6.70. The largest absolute Gasteiger partial charge is 0.360 e. The molecule has 0 spiro atoms. The minimum absolute atomic E-state index is 0.167. The molecule has 0 saturated heterocycles. The average molecular weight is 262 g/mol. The lowest BCUT2D eigenvalue weighted by atomic mass is 9.71. The Balaban J connectivity index is 2.20. The lowest BCUT2D eigenvalue weighted by Gasteiger charge is -2.33. The van der Waals surface area contributed by atoms with Crippen molar-refractivity contribution in [3.8, 4) is 0 Å². The minimum atomic E-state index is -0.167. The number of nitrogens with one attached hydrogen (secondary N) is 1. The van der Waals surface area contributed by atoms with Crippen LogP contribution < -0.4 is 5.32 Å². The van der Waals surface area contributed by atoms with Gasteiger partial charge in [0.2, 0.25) is 0 Å². The monoisotopic (exact) mass is 262 g/mol. The molecule has 1 amide bonds. The Morgan fingerprint density at radius 3 is 2.95 bits per heavy atom. The first-order chi connectivity index (χ1) is 8.93. The Kier molecular flexibility index (Phi) is 3.78. The van der Waals surface area contributed by atoms with Crippen LogP contribution in [0, 0.1) is 11.3 Å². The summed E-state index contributed by atoms with van der Waals surface area (Å²) in [6.45, 7) is 10.8. The molecule has 1 aliphatic carbocycles. The smallest absolute Gasteiger partial charge is 0.274 e. The lowest BCUT2D eigenvalue weighted by molar-refractivity contribution is 0.0947. The summed E-state index contributed by atoms with van der Waals surface area (Å²) in [4.78, 5) is 12.0. The summed E-state index contributed by atoms with van der Waals surface area (Å²) in [5.74, 6) is 1.27. The van der Waals surface area contributed by atoms with Crippen LogP contribution in [-0.2, 0) is 12.8 Å². The molecular weight excluding hydrogens is 240 g/mol. The number of amides is 1. The van der Waals surface area contributed by atoms with Crippen LogP contribution in [0.15, 0.2) is 17.2 Å². The highest BCUT2D eigenvalue weighted by molar-refractivity contribution is 5.93. The van der Waals surface area contributed by atoms with E-state index in [1.165, 1.54) is 0 Å². The van der Waals surface area contributed by atoms with E-state index in [0.29, 0.717) is 18.2 Å². The molecule has 0 saturated carbocycles. The molecule has 0 aliphatic heterocycles. The zero-order chi connectivity index (χ0) is 14.0. The molecule has 4 heteroatoms. The van der Waals surface area contributed by atoms with Gasteiger partial charge in [-0.25, -0.2) is 0 Å². The molecule has 0 unspecified atom stereocenters. The van der Waals surface area contributed by atoms with Crippen molar-refractivity contribution in [2.75, 3.05) is 6.54 Å². The fraction of sp³-hybridized carbons (Fsp3) is 0.600. The number of hydrogen-bond acceptors (Lipinski definition) is 3. The van der Waals surface area contributed by atoms with Crippen molar-refractivity contribution >= 4 is 5.91 Å². The maximum absolute atomic E-state index is 12.0. The summed E-state index contributed by atoms with van der Waals surface area (Å²) in [6.07, 6.45) is 4.50. The summed E-state index contributed by atoms with van der Waals surface area (Å²) >= 11 is 0. The van der Waals surface area contributed by atoms with E-state index in [1.807, 2.05) is 0 Å². The van der Waals surface area contributed by atoms with Gasteiger partial charge in [0.1, 0.15) is 5.76 Å². The van der Waals surface area contributed by atoms with Gasteiger partial charge in [-0.15, -0.1) is 6.58 Å². The van der Waals surface area contributed by atoms with Gasteiger partial charge in [-0.2, -0.15) is 0 Å².